The zero-order valence-corrected chi connectivity index (χ0v) is 12.3. The molecule has 0 bridgehead atoms. The van der Waals surface area contributed by atoms with Crippen LogP contribution in [-0.4, -0.2) is 15.0 Å². The Morgan fingerprint density at radius 3 is 3.05 bits per heavy atom. The molecule has 0 atom stereocenters. The van der Waals surface area contributed by atoms with Gasteiger partial charge in [0.25, 0.3) is 0 Å². The minimum absolute atomic E-state index is 0.605. The summed E-state index contributed by atoms with van der Waals surface area (Å²) in [5, 5.41) is 1.69. The number of fused-ring (bicyclic) bond motifs is 3. The topological polar surface area (TPSA) is 38.7 Å². The maximum Gasteiger partial charge on any atom is 0.141 e. The van der Waals surface area contributed by atoms with Crippen molar-refractivity contribution in [3.8, 4) is 0 Å². The first-order valence-corrected chi connectivity index (χ1v) is 7.86. The Labute approximate surface area is 125 Å². The van der Waals surface area contributed by atoms with Gasteiger partial charge in [-0.25, -0.2) is 9.97 Å². The third-order valence-corrected chi connectivity index (χ3v) is 5.11. The molecule has 0 saturated carbocycles. The fourth-order valence-corrected chi connectivity index (χ4v) is 4.39. The maximum absolute atomic E-state index is 6.39. The average molecular weight is 302 g/mol. The molecule has 0 amide bonds. The fraction of sp³-hybridized carbons (Fsp3) is 0.267. The van der Waals surface area contributed by atoms with Gasteiger partial charge in [-0.2, -0.15) is 0 Å². The van der Waals surface area contributed by atoms with Crippen LogP contribution in [0.4, 0.5) is 0 Å². The summed E-state index contributed by atoms with van der Waals surface area (Å²) in [5.41, 5.74) is 2.48. The van der Waals surface area contributed by atoms with E-state index in [0.29, 0.717) is 11.6 Å². The molecule has 1 aliphatic carbocycles. The second kappa shape index (κ2) is 4.79. The van der Waals surface area contributed by atoms with Gasteiger partial charge in [0.15, 0.2) is 0 Å². The largest absolute Gasteiger partial charge is 0.264 e. The molecule has 0 unspecified atom stereocenters. The van der Waals surface area contributed by atoms with Crippen LogP contribution >= 0.6 is 22.9 Å². The molecular weight excluding hydrogens is 290 g/mol. The van der Waals surface area contributed by atoms with Crippen molar-refractivity contribution in [3.05, 3.63) is 51.5 Å². The molecule has 0 aromatic carbocycles. The van der Waals surface area contributed by atoms with Crippen LogP contribution < -0.4 is 0 Å². The van der Waals surface area contributed by atoms with E-state index in [0.717, 1.165) is 34.4 Å². The lowest BCUT2D eigenvalue weighted by Crippen LogP contribution is -1.97. The molecule has 1 aliphatic rings. The number of hydrogen-bond donors (Lipinski definition) is 0. The predicted octanol–water partition coefficient (Wildman–Crippen LogP) is 3.82. The van der Waals surface area contributed by atoms with Crippen molar-refractivity contribution in [1.29, 1.82) is 0 Å². The molecule has 0 N–H and O–H groups in total. The van der Waals surface area contributed by atoms with Crippen LogP contribution in [0, 0.1) is 0 Å². The van der Waals surface area contributed by atoms with E-state index in [1.165, 1.54) is 16.9 Å². The first kappa shape index (κ1) is 12.2. The SMILES string of the molecule is Clc1nc(Cc2cccnc2)nc2sc3c(c12)CCC3. The quantitative estimate of drug-likeness (QED) is 0.675. The number of nitrogens with zero attached hydrogens (tertiary/aromatic N) is 3. The van der Waals surface area contributed by atoms with Crippen molar-refractivity contribution < 1.29 is 0 Å². The summed E-state index contributed by atoms with van der Waals surface area (Å²) in [5.74, 6) is 0.774. The van der Waals surface area contributed by atoms with Gasteiger partial charge >= 0.3 is 0 Å². The summed E-state index contributed by atoms with van der Waals surface area (Å²) in [6.07, 6.45) is 7.78. The molecule has 20 heavy (non-hydrogen) atoms. The van der Waals surface area contributed by atoms with Gasteiger partial charge in [-0.1, -0.05) is 17.7 Å². The van der Waals surface area contributed by atoms with Crippen molar-refractivity contribution in [2.75, 3.05) is 0 Å². The van der Waals surface area contributed by atoms with E-state index in [1.807, 2.05) is 18.3 Å². The standard InChI is InChI=1S/C15H12ClN3S/c16-14-13-10-4-1-5-11(10)20-15(13)19-12(18-14)7-9-3-2-6-17-8-9/h2-3,6,8H,1,4-5,7H2. The van der Waals surface area contributed by atoms with E-state index in [1.54, 1.807) is 17.5 Å². The van der Waals surface area contributed by atoms with Gasteiger partial charge in [-0.15, -0.1) is 11.3 Å². The number of pyridine rings is 1. The fourth-order valence-electron chi connectivity index (χ4n) is 2.76. The number of rotatable bonds is 2. The lowest BCUT2D eigenvalue weighted by molar-refractivity contribution is 0.916. The average Bonchev–Trinajstić information content (AvgIpc) is 2.99. The van der Waals surface area contributed by atoms with E-state index in [9.17, 15) is 0 Å². The highest BCUT2D eigenvalue weighted by molar-refractivity contribution is 7.19. The third-order valence-electron chi connectivity index (χ3n) is 3.65. The molecule has 0 spiro atoms. The molecule has 0 radical (unpaired) electrons. The molecule has 0 aliphatic heterocycles. The summed E-state index contributed by atoms with van der Waals surface area (Å²) in [7, 11) is 0. The zero-order chi connectivity index (χ0) is 13.5. The minimum atomic E-state index is 0.605. The van der Waals surface area contributed by atoms with Gasteiger partial charge in [0.2, 0.25) is 0 Å². The van der Waals surface area contributed by atoms with Gasteiger partial charge in [0.1, 0.15) is 15.8 Å². The van der Waals surface area contributed by atoms with Crippen molar-refractivity contribution in [2.45, 2.75) is 25.7 Å². The lowest BCUT2D eigenvalue weighted by Gasteiger charge is -2.03. The van der Waals surface area contributed by atoms with Crippen molar-refractivity contribution in [1.82, 2.24) is 15.0 Å². The Kier molecular flexibility index (Phi) is 2.93. The third kappa shape index (κ3) is 2.00. The Bertz CT molecular complexity index is 783. The van der Waals surface area contributed by atoms with Crippen LogP contribution in [0.5, 0.6) is 0 Å². The molecule has 3 aromatic rings. The normalized spacial score (nSPS) is 13.8. The van der Waals surface area contributed by atoms with E-state index in [4.69, 9.17) is 11.6 Å². The molecule has 3 nitrogen and oxygen atoms in total. The van der Waals surface area contributed by atoms with E-state index < -0.39 is 0 Å². The first-order chi connectivity index (χ1) is 9.81. The smallest absolute Gasteiger partial charge is 0.141 e. The molecule has 3 aromatic heterocycles. The molecule has 4 rings (SSSR count). The lowest BCUT2D eigenvalue weighted by atomic mass is 10.2. The second-order valence-electron chi connectivity index (χ2n) is 5.01. The van der Waals surface area contributed by atoms with Crippen molar-refractivity contribution in [3.63, 3.8) is 0 Å². The monoisotopic (exact) mass is 301 g/mol. The Balaban J connectivity index is 1.79. The summed E-state index contributed by atoms with van der Waals surface area (Å²) in [4.78, 5) is 15.8. The minimum Gasteiger partial charge on any atom is -0.264 e. The molecule has 3 heterocycles. The van der Waals surface area contributed by atoms with Gasteiger partial charge in [-0.05, 0) is 36.5 Å². The highest BCUT2D eigenvalue weighted by atomic mass is 35.5. The van der Waals surface area contributed by atoms with Crippen molar-refractivity contribution >= 4 is 33.2 Å². The van der Waals surface area contributed by atoms with Crippen LogP contribution in [0.15, 0.2) is 24.5 Å². The number of hydrogen-bond acceptors (Lipinski definition) is 4. The summed E-state index contributed by atoms with van der Waals surface area (Å²) >= 11 is 8.17. The van der Waals surface area contributed by atoms with E-state index >= 15 is 0 Å². The summed E-state index contributed by atoms with van der Waals surface area (Å²) in [6, 6.07) is 3.96. The van der Waals surface area contributed by atoms with Crippen LogP contribution in [-0.2, 0) is 19.3 Å². The molecule has 0 saturated heterocycles. The van der Waals surface area contributed by atoms with Crippen LogP contribution in [0.3, 0.4) is 0 Å². The van der Waals surface area contributed by atoms with Crippen molar-refractivity contribution in [2.24, 2.45) is 0 Å². The Hall–Kier alpha value is -1.52. The van der Waals surface area contributed by atoms with Gasteiger partial charge in [-0.3, -0.25) is 4.98 Å². The maximum atomic E-state index is 6.39. The molecule has 100 valence electrons. The summed E-state index contributed by atoms with van der Waals surface area (Å²) < 4.78 is 0. The number of aryl methyl sites for hydroxylation is 2. The second-order valence-corrected chi connectivity index (χ2v) is 6.45. The van der Waals surface area contributed by atoms with Crippen LogP contribution in [0.25, 0.3) is 10.2 Å². The Morgan fingerprint density at radius 1 is 1.25 bits per heavy atom. The molecular formula is C15H12ClN3S. The predicted molar refractivity (Wildman–Crippen MR) is 81.5 cm³/mol. The van der Waals surface area contributed by atoms with E-state index in [-0.39, 0.29) is 0 Å². The molecule has 0 fully saturated rings. The zero-order valence-electron chi connectivity index (χ0n) is 10.8. The summed E-state index contributed by atoms with van der Waals surface area (Å²) in [6.45, 7) is 0. The van der Waals surface area contributed by atoms with Crippen LogP contribution in [0.2, 0.25) is 5.15 Å². The number of aromatic nitrogens is 3. The highest BCUT2D eigenvalue weighted by Crippen LogP contribution is 2.39. The van der Waals surface area contributed by atoms with Crippen LogP contribution in [0.1, 0.15) is 28.2 Å². The van der Waals surface area contributed by atoms with Gasteiger partial charge in [0.05, 0.1) is 5.39 Å². The van der Waals surface area contributed by atoms with Gasteiger partial charge in [0, 0.05) is 23.7 Å². The highest BCUT2D eigenvalue weighted by Gasteiger charge is 2.21. The molecule has 5 heteroatoms. The van der Waals surface area contributed by atoms with E-state index in [2.05, 4.69) is 15.0 Å². The number of thiophene rings is 1. The number of halogens is 1. The first-order valence-electron chi connectivity index (χ1n) is 6.67. The Morgan fingerprint density at radius 2 is 2.20 bits per heavy atom. The van der Waals surface area contributed by atoms with Gasteiger partial charge < -0.3 is 0 Å².